The quantitative estimate of drug-likeness (QED) is 0.786. The molecule has 0 atom stereocenters. The van der Waals surface area contributed by atoms with Crippen molar-refractivity contribution < 1.29 is 4.79 Å². The summed E-state index contributed by atoms with van der Waals surface area (Å²) in [6.45, 7) is 6.55. The van der Waals surface area contributed by atoms with Gasteiger partial charge in [0.15, 0.2) is 0 Å². The van der Waals surface area contributed by atoms with Crippen LogP contribution >= 0.6 is 0 Å². The van der Waals surface area contributed by atoms with Crippen LogP contribution in [0.4, 0.5) is 5.69 Å². The molecule has 0 aromatic carbocycles. The van der Waals surface area contributed by atoms with Crippen LogP contribution in [-0.4, -0.2) is 17.4 Å². The van der Waals surface area contributed by atoms with Gasteiger partial charge < -0.3 is 11.1 Å². The monoisotopic (exact) mass is 207 g/mol. The topological polar surface area (TPSA) is 68.0 Å². The van der Waals surface area contributed by atoms with Gasteiger partial charge in [-0.1, -0.05) is 13.8 Å². The summed E-state index contributed by atoms with van der Waals surface area (Å²) in [6.07, 6.45) is 1.55. The Morgan fingerprint density at radius 2 is 2.27 bits per heavy atom. The molecule has 0 radical (unpaired) electrons. The third-order valence-electron chi connectivity index (χ3n) is 2.02. The average Bonchev–Trinajstić information content (AvgIpc) is 2.18. The molecule has 0 fully saturated rings. The van der Waals surface area contributed by atoms with Gasteiger partial charge >= 0.3 is 0 Å². The number of pyridine rings is 1. The minimum absolute atomic E-state index is 0.110. The van der Waals surface area contributed by atoms with Crippen LogP contribution in [0.15, 0.2) is 12.3 Å². The van der Waals surface area contributed by atoms with Crippen LogP contribution in [0, 0.1) is 12.8 Å². The lowest BCUT2D eigenvalue weighted by Gasteiger charge is -2.09. The summed E-state index contributed by atoms with van der Waals surface area (Å²) >= 11 is 0. The second-order valence-electron chi connectivity index (χ2n) is 4.01. The molecule has 0 aliphatic carbocycles. The molecular formula is C11H17N3O. The maximum Gasteiger partial charge on any atom is 0.253 e. The van der Waals surface area contributed by atoms with Gasteiger partial charge in [0.05, 0.1) is 23.1 Å². The minimum atomic E-state index is -0.110. The van der Waals surface area contributed by atoms with E-state index >= 15 is 0 Å². The maximum absolute atomic E-state index is 11.7. The molecule has 0 aliphatic heterocycles. The Bertz CT molecular complexity index is 361. The number of aryl methyl sites for hydroxylation is 1. The summed E-state index contributed by atoms with van der Waals surface area (Å²) in [5.74, 6) is 0.323. The van der Waals surface area contributed by atoms with Crippen LogP contribution in [0.1, 0.15) is 29.9 Å². The highest BCUT2D eigenvalue weighted by Gasteiger charge is 2.10. The van der Waals surface area contributed by atoms with Crippen molar-refractivity contribution in [2.75, 3.05) is 12.3 Å². The number of anilines is 1. The van der Waals surface area contributed by atoms with Crippen LogP contribution in [-0.2, 0) is 0 Å². The average molecular weight is 207 g/mol. The number of aromatic nitrogens is 1. The zero-order valence-electron chi connectivity index (χ0n) is 9.37. The summed E-state index contributed by atoms with van der Waals surface area (Å²) in [6, 6.07) is 1.65. The van der Waals surface area contributed by atoms with Crippen molar-refractivity contribution >= 4 is 11.6 Å². The summed E-state index contributed by atoms with van der Waals surface area (Å²) in [7, 11) is 0. The molecule has 4 heteroatoms. The zero-order chi connectivity index (χ0) is 11.4. The standard InChI is InChI=1S/C11H17N3O/c1-7(2)5-14-11(15)10-4-9(12)6-13-8(10)3/h4,6-7H,5,12H2,1-3H3,(H,14,15). The summed E-state index contributed by atoms with van der Waals surface area (Å²) in [4.78, 5) is 15.8. The molecule has 3 N–H and O–H groups in total. The van der Waals surface area contributed by atoms with Gasteiger partial charge in [-0.05, 0) is 18.9 Å². The lowest BCUT2D eigenvalue weighted by Crippen LogP contribution is -2.28. The van der Waals surface area contributed by atoms with Crippen LogP contribution in [0.2, 0.25) is 0 Å². The fraction of sp³-hybridized carbons (Fsp3) is 0.455. The lowest BCUT2D eigenvalue weighted by molar-refractivity contribution is 0.0948. The third kappa shape index (κ3) is 3.23. The number of nitrogen functional groups attached to an aromatic ring is 1. The van der Waals surface area contributed by atoms with Crippen molar-refractivity contribution in [3.05, 3.63) is 23.5 Å². The Hall–Kier alpha value is -1.58. The van der Waals surface area contributed by atoms with Gasteiger partial charge in [0.1, 0.15) is 0 Å². The number of nitrogens with one attached hydrogen (secondary N) is 1. The smallest absolute Gasteiger partial charge is 0.253 e. The molecule has 1 amide bonds. The fourth-order valence-corrected chi connectivity index (χ4v) is 1.17. The van der Waals surface area contributed by atoms with E-state index in [2.05, 4.69) is 10.3 Å². The van der Waals surface area contributed by atoms with Crippen molar-refractivity contribution in [3.63, 3.8) is 0 Å². The second kappa shape index (κ2) is 4.77. The van der Waals surface area contributed by atoms with Crippen molar-refractivity contribution in [1.82, 2.24) is 10.3 Å². The first-order valence-electron chi connectivity index (χ1n) is 5.01. The van der Waals surface area contributed by atoms with Crippen LogP contribution < -0.4 is 11.1 Å². The van der Waals surface area contributed by atoms with E-state index < -0.39 is 0 Å². The van der Waals surface area contributed by atoms with E-state index in [1.807, 2.05) is 13.8 Å². The largest absolute Gasteiger partial charge is 0.397 e. The molecule has 1 heterocycles. The molecule has 0 saturated heterocycles. The fourth-order valence-electron chi connectivity index (χ4n) is 1.17. The first-order valence-corrected chi connectivity index (χ1v) is 5.01. The number of nitrogens with two attached hydrogens (primary N) is 1. The van der Waals surface area contributed by atoms with E-state index in [1.54, 1.807) is 19.2 Å². The number of hydrogen-bond donors (Lipinski definition) is 2. The lowest BCUT2D eigenvalue weighted by atomic mass is 10.1. The van der Waals surface area contributed by atoms with Crippen LogP contribution in [0.3, 0.4) is 0 Å². The highest BCUT2D eigenvalue weighted by atomic mass is 16.1. The molecule has 0 spiro atoms. The molecule has 1 aromatic heterocycles. The number of amides is 1. The molecule has 1 rings (SSSR count). The van der Waals surface area contributed by atoms with Gasteiger partial charge in [-0.2, -0.15) is 0 Å². The number of rotatable bonds is 3. The third-order valence-corrected chi connectivity index (χ3v) is 2.02. The van der Waals surface area contributed by atoms with Crippen molar-refractivity contribution in [2.24, 2.45) is 5.92 Å². The Balaban J connectivity index is 2.77. The first-order chi connectivity index (χ1) is 7.00. The normalized spacial score (nSPS) is 10.4. The molecule has 0 saturated carbocycles. The summed E-state index contributed by atoms with van der Waals surface area (Å²) in [5.41, 5.74) is 7.34. The minimum Gasteiger partial charge on any atom is -0.397 e. The maximum atomic E-state index is 11.7. The van der Waals surface area contributed by atoms with Gasteiger partial charge in [-0.3, -0.25) is 9.78 Å². The zero-order valence-corrected chi connectivity index (χ0v) is 9.37. The Labute approximate surface area is 89.9 Å². The molecule has 82 valence electrons. The van der Waals surface area contributed by atoms with Crippen molar-refractivity contribution in [1.29, 1.82) is 0 Å². The number of carbonyl (C=O) groups is 1. The van der Waals surface area contributed by atoms with Crippen molar-refractivity contribution in [3.8, 4) is 0 Å². The SMILES string of the molecule is Cc1ncc(N)cc1C(=O)NCC(C)C. The Kier molecular flexibility index (Phi) is 3.66. The predicted molar refractivity (Wildman–Crippen MR) is 60.6 cm³/mol. The Morgan fingerprint density at radius 3 is 2.87 bits per heavy atom. The van der Waals surface area contributed by atoms with Crippen molar-refractivity contribution in [2.45, 2.75) is 20.8 Å². The first kappa shape index (κ1) is 11.5. The highest BCUT2D eigenvalue weighted by Crippen LogP contribution is 2.09. The molecule has 0 aliphatic rings. The second-order valence-corrected chi connectivity index (χ2v) is 4.01. The predicted octanol–water partition coefficient (Wildman–Crippen LogP) is 1.36. The summed E-state index contributed by atoms with van der Waals surface area (Å²) < 4.78 is 0. The van der Waals surface area contributed by atoms with E-state index in [9.17, 15) is 4.79 Å². The highest BCUT2D eigenvalue weighted by molar-refractivity contribution is 5.95. The number of carbonyl (C=O) groups excluding carboxylic acids is 1. The van der Waals surface area contributed by atoms with E-state index in [-0.39, 0.29) is 5.91 Å². The van der Waals surface area contributed by atoms with Gasteiger partial charge in [-0.25, -0.2) is 0 Å². The van der Waals surface area contributed by atoms with Gasteiger partial charge in [0, 0.05) is 6.54 Å². The number of hydrogen-bond acceptors (Lipinski definition) is 3. The molecule has 0 bridgehead atoms. The molecule has 4 nitrogen and oxygen atoms in total. The summed E-state index contributed by atoms with van der Waals surface area (Å²) in [5, 5.41) is 2.83. The molecule has 15 heavy (non-hydrogen) atoms. The van der Waals surface area contributed by atoms with Crippen LogP contribution in [0.5, 0.6) is 0 Å². The molecule has 0 unspecified atom stereocenters. The Morgan fingerprint density at radius 1 is 1.60 bits per heavy atom. The van der Waals surface area contributed by atoms with Gasteiger partial charge in [-0.15, -0.1) is 0 Å². The van der Waals surface area contributed by atoms with E-state index in [1.165, 1.54) is 0 Å². The van der Waals surface area contributed by atoms with E-state index in [4.69, 9.17) is 5.73 Å². The molecular weight excluding hydrogens is 190 g/mol. The van der Waals surface area contributed by atoms with Gasteiger partial charge in [0.2, 0.25) is 0 Å². The molecule has 1 aromatic rings. The van der Waals surface area contributed by atoms with E-state index in [0.29, 0.717) is 29.4 Å². The number of nitrogens with zero attached hydrogens (tertiary/aromatic N) is 1. The van der Waals surface area contributed by atoms with Crippen LogP contribution in [0.25, 0.3) is 0 Å². The van der Waals surface area contributed by atoms with E-state index in [0.717, 1.165) is 0 Å². The van der Waals surface area contributed by atoms with Gasteiger partial charge in [0.25, 0.3) is 5.91 Å².